The lowest BCUT2D eigenvalue weighted by Gasteiger charge is -2.38. The molecule has 7 rings (SSSR count). The fraction of sp³-hybridized carbons (Fsp3) is 0.372. The fourth-order valence-electron chi connectivity index (χ4n) is 7.49. The van der Waals surface area contributed by atoms with Gasteiger partial charge in [0.2, 0.25) is 5.91 Å². The third-order valence-electron chi connectivity index (χ3n) is 10.3. The van der Waals surface area contributed by atoms with Crippen LogP contribution in [-0.4, -0.2) is 102 Å². The van der Waals surface area contributed by atoms with E-state index in [9.17, 15) is 19.2 Å². The van der Waals surface area contributed by atoms with Crippen molar-refractivity contribution in [3.05, 3.63) is 85.6 Å². The van der Waals surface area contributed by atoms with Gasteiger partial charge in [0, 0.05) is 44.6 Å². The zero-order valence-electron chi connectivity index (χ0n) is 33.7. The summed E-state index contributed by atoms with van der Waals surface area (Å²) < 4.78 is 36.7. The number of fused-ring (bicyclic) bond motifs is 3. The molecule has 0 spiro atoms. The summed E-state index contributed by atoms with van der Waals surface area (Å²) in [5.74, 6) is 0.558. The Morgan fingerprint density at radius 2 is 1.85 bits per heavy atom. The molecule has 4 amide bonds. The highest BCUT2D eigenvalue weighted by molar-refractivity contribution is 6.06. The van der Waals surface area contributed by atoms with Crippen molar-refractivity contribution in [2.45, 2.75) is 57.1 Å². The number of nitrogens with one attached hydrogen (secondary N) is 3. The van der Waals surface area contributed by atoms with E-state index in [1.807, 2.05) is 17.7 Å². The lowest BCUT2D eigenvalue weighted by Crippen LogP contribution is -2.54. The van der Waals surface area contributed by atoms with Crippen LogP contribution in [0, 0.1) is 0 Å². The number of amides is 4. The first-order chi connectivity index (χ1) is 29.1. The second kappa shape index (κ2) is 18.6. The van der Waals surface area contributed by atoms with Crippen LogP contribution in [0.1, 0.15) is 48.9 Å². The zero-order valence-corrected chi connectivity index (χ0v) is 33.7. The van der Waals surface area contributed by atoms with Gasteiger partial charge >= 0.3 is 12.2 Å². The molecule has 2 aromatic carbocycles. The number of hydrogen-bond donors (Lipinski definition) is 3. The normalized spacial score (nSPS) is 18.6. The molecule has 3 aliphatic heterocycles. The Bertz CT molecular complexity index is 2290. The number of ether oxygens (including phenoxy) is 6. The number of rotatable bonds is 15. The Hall–Kier alpha value is -6.59. The van der Waals surface area contributed by atoms with Crippen LogP contribution in [0.5, 0.6) is 11.5 Å². The Morgan fingerprint density at radius 1 is 1.03 bits per heavy atom. The fourth-order valence-corrected chi connectivity index (χ4v) is 7.49. The number of aromatic amines is 1. The lowest BCUT2D eigenvalue weighted by molar-refractivity contribution is -0.195. The van der Waals surface area contributed by atoms with Gasteiger partial charge in [-0.1, -0.05) is 37.5 Å². The highest BCUT2D eigenvalue weighted by Crippen LogP contribution is 2.43. The lowest BCUT2D eigenvalue weighted by atomic mass is 10.1. The van der Waals surface area contributed by atoms with Crippen LogP contribution in [0.3, 0.4) is 0 Å². The second-order valence-electron chi connectivity index (χ2n) is 14.6. The molecular weight excluding hydrogens is 775 g/mol. The highest BCUT2D eigenvalue weighted by atomic mass is 16.7. The van der Waals surface area contributed by atoms with Crippen LogP contribution in [0.25, 0.3) is 22.6 Å². The van der Waals surface area contributed by atoms with E-state index in [-0.39, 0.29) is 60.8 Å². The summed E-state index contributed by atoms with van der Waals surface area (Å²) in [6, 6.07) is 9.64. The average Bonchev–Trinajstić information content (AvgIpc) is 3.94. The number of aromatic nitrogens is 3. The molecule has 0 saturated carbocycles. The molecule has 3 atom stereocenters. The van der Waals surface area contributed by atoms with Gasteiger partial charge in [-0.15, -0.1) is 0 Å². The molecule has 5 heterocycles. The van der Waals surface area contributed by atoms with Crippen LogP contribution in [-0.2, 0) is 30.8 Å². The van der Waals surface area contributed by atoms with E-state index in [1.54, 1.807) is 41.4 Å². The summed E-state index contributed by atoms with van der Waals surface area (Å²) in [4.78, 5) is 64.2. The van der Waals surface area contributed by atoms with Crippen LogP contribution in [0.2, 0.25) is 0 Å². The highest BCUT2D eigenvalue weighted by Gasteiger charge is 2.48. The van der Waals surface area contributed by atoms with Crippen molar-refractivity contribution < 1.29 is 47.6 Å². The van der Waals surface area contributed by atoms with Crippen molar-refractivity contribution in [2.75, 3.05) is 55.6 Å². The number of carbonyl (C=O) groups is 4. The average molecular weight is 824 g/mol. The molecule has 3 aliphatic rings. The molecule has 0 bridgehead atoms. The van der Waals surface area contributed by atoms with Gasteiger partial charge in [0.05, 0.1) is 53.4 Å². The molecule has 0 aliphatic carbocycles. The molecule has 0 radical (unpaired) electrons. The minimum absolute atomic E-state index is 0.0610. The molecule has 1 unspecified atom stereocenters. The van der Waals surface area contributed by atoms with E-state index in [0.717, 1.165) is 24.1 Å². The minimum atomic E-state index is -0.958. The van der Waals surface area contributed by atoms with Crippen molar-refractivity contribution in [3.63, 3.8) is 0 Å². The summed E-state index contributed by atoms with van der Waals surface area (Å²) in [6.07, 6.45) is 5.18. The van der Waals surface area contributed by atoms with Crippen LogP contribution >= 0.6 is 0 Å². The summed E-state index contributed by atoms with van der Waals surface area (Å²) in [5.41, 5.74) is 4.49. The van der Waals surface area contributed by atoms with Gasteiger partial charge in [-0.3, -0.25) is 14.9 Å². The third-order valence-corrected chi connectivity index (χ3v) is 10.3. The smallest absolute Gasteiger partial charge is 0.416 e. The zero-order chi connectivity index (χ0) is 42.3. The number of nitrogens with zero attached hydrogens (tertiary/aromatic N) is 4. The molecule has 316 valence electrons. The maximum absolute atomic E-state index is 14.2. The molecule has 17 heteroatoms. The van der Waals surface area contributed by atoms with Crippen LogP contribution < -0.4 is 25.0 Å². The summed E-state index contributed by atoms with van der Waals surface area (Å²) in [6.45, 7) is 12.3. The van der Waals surface area contributed by atoms with Gasteiger partial charge in [-0.25, -0.2) is 19.5 Å². The predicted molar refractivity (Wildman–Crippen MR) is 223 cm³/mol. The van der Waals surface area contributed by atoms with E-state index < -0.39 is 30.7 Å². The molecule has 17 nitrogen and oxygen atoms in total. The number of carbonyl (C=O) groups excluding carboxylic acids is 4. The van der Waals surface area contributed by atoms with Gasteiger partial charge < -0.3 is 48.2 Å². The first-order valence-corrected chi connectivity index (χ1v) is 19.7. The number of aryl methyl sites for hydroxylation is 1. The Labute approximate surface area is 346 Å². The molecule has 3 N–H and O–H groups in total. The first-order valence-electron chi connectivity index (χ1n) is 19.7. The van der Waals surface area contributed by atoms with Gasteiger partial charge in [-0.2, -0.15) is 0 Å². The third kappa shape index (κ3) is 9.16. The molecule has 2 fully saturated rings. The van der Waals surface area contributed by atoms with E-state index in [1.165, 1.54) is 24.2 Å². The summed E-state index contributed by atoms with van der Waals surface area (Å²) in [5, 5.41) is 5.61. The molecule has 60 heavy (non-hydrogen) atoms. The summed E-state index contributed by atoms with van der Waals surface area (Å²) >= 11 is 0. The molecular formula is C43H49N7O10. The Kier molecular flexibility index (Phi) is 12.9. The number of imidazole rings is 1. The van der Waals surface area contributed by atoms with Gasteiger partial charge in [0.15, 0.2) is 29.8 Å². The molecule has 4 aromatic rings. The van der Waals surface area contributed by atoms with Gasteiger partial charge in [0.25, 0.3) is 5.91 Å². The van der Waals surface area contributed by atoms with Crippen LogP contribution in [0.4, 0.5) is 26.7 Å². The molecule has 2 saturated heterocycles. The second-order valence-corrected chi connectivity index (χ2v) is 14.6. The number of hydrogen-bond acceptors (Lipinski definition) is 11. The standard InChI is InChI=1S/C43H49N7O10/c1-6-15-58-42(53)45-27-13-14-30-31(20-27)47-39(46-30)33-21-28(25-48(33)4)44-37(51)11-10-18-56-36-23-32-29(22-35(36)55-5)40(52)49-24-26(3)19-34(49)41(50(32)43(54)59-16-7-2)60-38-12-8-9-17-57-38/h6-7,13-14,20-23,25,34,38,41H,1-3,8-12,15-19,24H2,4-5H3,(H,44,51)(H,45,53)(H,46,47)/t34-,38?,41-/m0/s1. The van der Waals surface area contributed by atoms with Crippen LogP contribution in [0.15, 0.2) is 80.1 Å². The van der Waals surface area contributed by atoms with Crippen molar-refractivity contribution in [1.29, 1.82) is 0 Å². The Balaban J connectivity index is 1.03. The quantitative estimate of drug-likeness (QED) is 0.0837. The molecule has 2 aromatic heterocycles. The Morgan fingerprint density at radius 3 is 2.62 bits per heavy atom. The number of benzene rings is 2. The number of methoxy groups -OCH3 is 1. The van der Waals surface area contributed by atoms with Crippen molar-refractivity contribution >= 4 is 52.1 Å². The maximum atomic E-state index is 14.2. The predicted octanol–water partition coefficient (Wildman–Crippen LogP) is 6.89. The SMILES string of the molecule is C=CCOC(=O)Nc1ccc2nc(-c3cc(NC(=O)CCCOc4cc5c(cc4OC)C(=O)N4CC(=C)C[C@H]4[C@H](OC4CCCCO4)N5C(=O)OCC=C)cn3C)[nH]c2c1. The number of H-pyrrole nitrogens is 1. The maximum Gasteiger partial charge on any atom is 0.416 e. The largest absolute Gasteiger partial charge is 0.493 e. The van der Waals surface area contributed by atoms with Crippen molar-refractivity contribution in [2.24, 2.45) is 7.05 Å². The minimum Gasteiger partial charge on any atom is -0.493 e. The van der Waals surface area contributed by atoms with E-state index in [2.05, 4.69) is 40.3 Å². The number of anilines is 3. The topological polar surface area (TPSA) is 188 Å². The van der Waals surface area contributed by atoms with E-state index in [4.69, 9.17) is 28.4 Å². The van der Waals surface area contributed by atoms with E-state index in [0.29, 0.717) is 60.6 Å². The van der Waals surface area contributed by atoms with Crippen molar-refractivity contribution in [3.8, 4) is 23.0 Å². The summed E-state index contributed by atoms with van der Waals surface area (Å²) in [7, 11) is 3.31. The van der Waals surface area contributed by atoms with E-state index >= 15 is 0 Å². The van der Waals surface area contributed by atoms with Gasteiger partial charge in [0.1, 0.15) is 13.2 Å². The van der Waals surface area contributed by atoms with Gasteiger partial charge in [-0.05, 0) is 62.4 Å². The van der Waals surface area contributed by atoms with Crippen molar-refractivity contribution in [1.82, 2.24) is 19.4 Å². The first kappa shape index (κ1) is 41.6. The monoisotopic (exact) mass is 823 g/mol.